The second-order valence-electron chi connectivity index (χ2n) is 6.73. The number of ether oxygens (including phenoxy) is 1. The topological polar surface area (TPSA) is 97.1 Å². The third kappa shape index (κ3) is 4.50. The number of sulfonamides is 1. The Morgan fingerprint density at radius 2 is 1.74 bits per heavy atom. The van der Waals surface area contributed by atoms with Crippen molar-refractivity contribution in [1.82, 2.24) is 18.9 Å². The molecule has 3 heterocycles. The van der Waals surface area contributed by atoms with E-state index in [0.29, 0.717) is 28.9 Å². The summed E-state index contributed by atoms with van der Waals surface area (Å²) in [6.45, 7) is 2.80. The van der Waals surface area contributed by atoms with Crippen LogP contribution in [-0.4, -0.2) is 59.9 Å². The number of rotatable bonds is 4. The average molecular weight is 475 g/mol. The first kappa shape index (κ1) is 21.5. The van der Waals surface area contributed by atoms with Crippen LogP contribution in [0.5, 0.6) is 5.75 Å². The maximum atomic E-state index is 12.8. The van der Waals surface area contributed by atoms with Crippen molar-refractivity contribution in [2.75, 3.05) is 31.1 Å². The summed E-state index contributed by atoms with van der Waals surface area (Å²) in [5.74, 6) is -0.491. The Bertz CT molecular complexity index is 1260. The van der Waals surface area contributed by atoms with Gasteiger partial charge in [-0.25, -0.2) is 12.9 Å². The summed E-state index contributed by atoms with van der Waals surface area (Å²) in [6.07, 6.45) is -4.85. The number of aryl methyl sites for hydroxylation is 1. The van der Waals surface area contributed by atoms with Gasteiger partial charge in [0.15, 0.2) is 0 Å². The molecule has 0 unspecified atom stereocenters. The summed E-state index contributed by atoms with van der Waals surface area (Å²) in [5.41, 5.74) is 0.298. The first-order chi connectivity index (χ1) is 14.5. The maximum Gasteiger partial charge on any atom is 0.573 e. The molecular weight excluding hydrogens is 459 g/mol. The largest absolute Gasteiger partial charge is 0.573 e. The summed E-state index contributed by atoms with van der Waals surface area (Å²) >= 11 is 1.24. The van der Waals surface area contributed by atoms with Crippen LogP contribution in [0.3, 0.4) is 0 Å². The van der Waals surface area contributed by atoms with Crippen molar-refractivity contribution in [2.24, 2.45) is 0 Å². The highest BCUT2D eigenvalue weighted by Gasteiger charge is 2.32. The quantitative estimate of drug-likeness (QED) is 0.568. The molecule has 9 nitrogen and oxygen atoms in total. The molecule has 0 N–H and O–H groups in total. The number of hydrogen-bond acceptors (Lipinski definition) is 8. The van der Waals surface area contributed by atoms with Crippen LogP contribution >= 0.6 is 11.3 Å². The number of alkyl halides is 3. The van der Waals surface area contributed by atoms with Crippen molar-refractivity contribution >= 4 is 31.5 Å². The lowest BCUT2D eigenvalue weighted by molar-refractivity contribution is -0.274. The van der Waals surface area contributed by atoms with Crippen LogP contribution in [-0.2, 0) is 10.0 Å². The Morgan fingerprint density at radius 3 is 2.35 bits per heavy atom. The predicted octanol–water partition coefficient (Wildman–Crippen LogP) is 1.87. The van der Waals surface area contributed by atoms with Gasteiger partial charge in [0, 0.05) is 37.9 Å². The van der Waals surface area contributed by atoms with Gasteiger partial charge in [-0.05, 0) is 31.2 Å². The molecule has 31 heavy (non-hydrogen) atoms. The Hall–Kier alpha value is -2.71. The third-order valence-electron chi connectivity index (χ3n) is 4.63. The molecule has 0 atom stereocenters. The minimum atomic E-state index is -4.85. The molecule has 1 aliphatic heterocycles. The highest BCUT2D eigenvalue weighted by molar-refractivity contribution is 7.89. The van der Waals surface area contributed by atoms with Gasteiger partial charge >= 0.3 is 6.36 Å². The van der Waals surface area contributed by atoms with E-state index in [-0.39, 0.29) is 23.5 Å². The molecule has 1 saturated heterocycles. The zero-order chi connectivity index (χ0) is 22.4. The number of fused-ring (bicyclic) bond motifs is 1. The van der Waals surface area contributed by atoms with Gasteiger partial charge in [-0.1, -0.05) is 11.3 Å². The minimum absolute atomic E-state index is 0.117. The van der Waals surface area contributed by atoms with Gasteiger partial charge in [0.1, 0.15) is 5.75 Å². The van der Waals surface area contributed by atoms with Crippen molar-refractivity contribution in [3.63, 3.8) is 0 Å². The number of anilines is 1. The van der Waals surface area contributed by atoms with E-state index in [0.717, 1.165) is 24.3 Å². The summed E-state index contributed by atoms with van der Waals surface area (Å²) in [4.78, 5) is 17.7. The molecule has 14 heteroatoms. The van der Waals surface area contributed by atoms with Crippen LogP contribution < -0.4 is 15.2 Å². The highest BCUT2D eigenvalue weighted by Crippen LogP contribution is 2.27. The fourth-order valence-corrected chi connectivity index (χ4v) is 5.58. The van der Waals surface area contributed by atoms with E-state index >= 15 is 0 Å². The van der Waals surface area contributed by atoms with E-state index < -0.39 is 22.1 Å². The first-order valence-corrected chi connectivity index (χ1v) is 11.3. The van der Waals surface area contributed by atoms with Gasteiger partial charge in [0.05, 0.1) is 4.90 Å². The van der Waals surface area contributed by atoms with E-state index in [9.17, 15) is 26.4 Å². The average Bonchev–Trinajstić information content (AvgIpc) is 3.12. The second-order valence-corrected chi connectivity index (χ2v) is 9.60. The fraction of sp³-hybridized carbons (Fsp3) is 0.353. The summed E-state index contributed by atoms with van der Waals surface area (Å²) in [6, 6.07) is 5.49. The predicted molar refractivity (Wildman–Crippen MR) is 106 cm³/mol. The third-order valence-corrected chi connectivity index (χ3v) is 7.51. The lowest BCUT2D eigenvalue weighted by atomic mass is 10.3. The smallest absolute Gasteiger partial charge is 0.406 e. The summed E-state index contributed by atoms with van der Waals surface area (Å²) < 4.78 is 69.1. The van der Waals surface area contributed by atoms with E-state index in [1.54, 1.807) is 11.4 Å². The van der Waals surface area contributed by atoms with E-state index in [4.69, 9.17) is 0 Å². The Morgan fingerprint density at radius 1 is 1.10 bits per heavy atom. The van der Waals surface area contributed by atoms with Gasteiger partial charge in [-0.2, -0.15) is 9.29 Å². The van der Waals surface area contributed by atoms with Crippen LogP contribution in [0.15, 0.2) is 40.0 Å². The molecule has 0 saturated carbocycles. The zero-order valence-electron chi connectivity index (χ0n) is 16.0. The van der Waals surface area contributed by atoms with Crippen LogP contribution in [0.1, 0.15) is 5.69 Å². The molecule has 3 aromatic rings. The highest BCUT2D eigenvalue weighted by atomic mass is 32.2. The van der Waals surface area contributed by atoms with E-state index in [2.05, 4.69) is 14.8 Å². The van der Waals surface area contributed by atoms with E-state index in [1.165, 1.54) is 21.7 Å². The molecular formula is C17H16F3N5O4S2. The van der Waals surface area contributed by atoms with Crippen molar-refractivity contribution in [3.8, 4) is 5.75 Å². The van der Waals surface area contributed by atoms with Gasteiger partial charge < -0.3 is 9.64 Å². The SMILES string of the molecule is Cc1cc(=O)nc2sc(N3CCN(S(=O)(=O)c4ccc(OC(F)(F)F)cc4)CC3)nn12. The Balaban J connectivity index is 1.46. The van der Waals surface area contributed by atoms with Gasteiger partial charge in [0.25, 0.3) is 5.56 Å². The van der Waals surface area contributed by atoms with Crippen molar-refractivity contribution in [3.05, 3.63) is 46.4 Å². The first-order valence-electron chi connectivity index (χ1n) is 9.01. The summed E-state index contributed by atoms with van der Waals surface area (Å²) in [7, 11) is -3.87. The fourth-order valence-electron chi connectivity index (χ4n) is 3.15. The normalized spacial score (nSPS) is 16.1. The maximum absolute atomic E-state index is 12.8. The Labute approximate surface area is 178 Å². The molecule has 0 radical (unpaired) electrons. The number of piperazine rings is 1. The number of hydrogen-bond donors (Lipinski definition) is 0. The zero-order valence-corrected chi connectivity index (χ0v) is 17.7. The van der Waals surface area contributed by atoms with Crippen LogP contribution in [0.4, 0.5) is 18.3 Å². The molecule has 4 rings (SSSR count). The standard InChI is InChI=1S/C17H16F3N5O4S2/c1-11-10-14(26)21-15-25(11)22-16(30-15)23-6-8-24(9-7-23)31(27,28)13-4-2-12(3-5-13)29-17(18,19)20/h2-5,10H,6-9H2,1H3. The number of halogens is 3. The number of benzene rings is 1. The second kappa shape index (κ2) is 7.76. The van der Waals surface area contributed by atoms with E-state index in [1.807, 2.05) is 4.90 Å². The van der Waals surface area contributed by atoms with Crippen molar-refractivity contribution in [2.45, 2.75) is 18.2 Å². The molecule has 0 amide bonds. The molecule has 0 aliphatic carbocycles. The lowest BCUT2D eigenvalue weighted by Crippen LogP contribution is -2.48. The van der Waals surface area contributed by atoms with Gasteiger partial charge in [0.2, 0.25) is 20.1 Å². The molecule has 166 valence electrons. The van der Waals surface area contributed by atoms with Gasteiger partial charge in [-0.3, -0.25) is 4.79 Å². The molecule has 1 fully saturated rings. The Kier molecular flexibility index (Phi) is 5.39. The van der Waals surface area contributed by atoms with Crippen LogP contribution in [0, 0.1) is 6.92 Å². The number of aromatic nitrogens is 3. The summed E-state index contributed by atoms with van der Waals surface area (Å²) in [5, 5.41) is 5.06. The number of nitrogens with zero attached hydrogens (tertiary/aromatic N) is 5. The van der Waals surface area contributed by atoms with Crippen LogP contribution in [0.2, 0.25) is 0 Å². The van der Waals surface area contributed by atoms with Crippen LogP contribution in [0.25, 0.3) is 4.96 Å². The molecule has 1 aromatic carbocycles. The molecule has 2 aromatic heterocycles. The van der Waals surface area contributed by atoms with Gasteiger partial charge in [-0.15, -0.1) is 18.3 Å². The lowest BCUT2D eigenvalue weighted by Gasteiger charge is -2.33. The molecule has 0 bridgehead atoms. The minimum Gasteiger partial charge on any atom is -0.406 e. The molecule has 0 spiro atoms. The molecule has 1 aliphatic rings. The monoisotopic (exact) mass is 475 g/mol. The van der Waals surface area contributed by atoms with Crippen molar-refractivity contribution in [1.29, 1.82) is 0 Å². The van der Waals surface area contributed by atoms with Crippen molar-refractivity contribution < 1.29 is 26.3 Å².